The molecule has 0 radical (unpaired) electrons. The molecule has 4 nitrogen and oxygen atoms in total. The fourth-order valence-electron chi connectivity index (χ4n) is 1.20. The van der Waals surface area contributed by atoms with Gasteiger partial charge < -0.3 is 5.32 Å². The van der Waals surface area contributed by atoms with E-state index in [4.69, 9.17) is 0 Å². The van der Waals surface area contributed by atoms with Crippen molar-refractivity contribution in [3.63, 3.8) is 0 Å². The Balaban J connectivity index is 2.59. The Labute approximate surface area is 95.8 Å². The average Bonchev–Trinajstić information content (AvgIpc) is 2.27. The summed E-state index contributed by atoms with van der Waals surface area (Å²) in [5.74, 6) is 0. The summed E-state index contributed by atoms with van der Waals surface area (Å²) in [5.41, 5.74) is 1.30. The fraction of sp³-hybridized carbons (Fsp3) is 0.500. The summed E-state index contributed by atoms with van der Waals surface area (Å²) in [6.07, 6.45) is 1.04. The van der Waals surface area contributed by atoms with E-state index < -0.39 is 0 Å². The minimum absolute atomic E-state index is 0.0990. The summed E-state index contributed by atoms with van der Waals surface area (Å²) in [5, 5.41) is 13.9. The number of nitro groups is 1. The lowest BCUT2D eigenvalue weighted by molar-refractivity contribution is -0.384. The van der Waals surface area contributed by atoms with E-state index in [2.05, 4.69) is 26.1 Å². The van der Waals surface area contributed by atoms with Crippen molar-refractivity contribution in [1.82, 2.24) is 5.32 Å². The van der Waals surface area contributed by atoms with E-state index in [9.17, 15) is 10.1 Å². The predicted octanol–water partition coefficient (Wildman–Crippen LogP) is 2.87. The summed E-state index contributed by atoms with van der Waals surface area (Å²) in [6, 6.07) is 6.65. The van der Waals surface area contributed by atoms with Gasteiger partial charge in [0, 0.05) is 24.2 Å². The van der Waals surface area contributed by atoms with Gasteiger partial charge in [-0.25, -0.2) is 0 Å². The van der Waals surface area contributed by atoms with Crippen LogP contribution in [0.3, 0.4) is 0 Å². The number of nitro benzene ring substituents is 1. The van der Waals surface area contributed by atoms with Crippen LogP contribution in [0.15, 0.2) is 24.3 Å². The molecule has 0 heterocycles. The Morgan fingerprint density at radius 1 is 1.31 bits per heavy atom. The van der Waals surface area contributed by atoms with Crippen molar-refractivity contribution in [1.29, 1.82) is 0 Å². The molecule has 0 unspecified atom stereocenters. The summed E-state index contributed by atoms with van der Waals surface area (Å²) in [6.45, 7) is 7.14. The molecule has 16 heavy (non-hydrogen) atoms. The van der Waals surface area contributed by atoms with Gasteiger partial charge in [0.1, 0.15) is 0 Å². The largest absolute Gasteiger partial charge is 0.308 e. The molecule has 1 N–H and O–H groups in total. The third-order valence-corrected chi connectivity index (χ3v) is 2.80. The Morgan fingerprint density at radius 3 is 2.31 bits per heavy atom. The van der Waals surface area contributed by atoms with Gasteiger partial charge in [-0.1, -0.05) is 19.1 Å². The van der Waals surface area contributed by atoms with Crippen LogP contribution in [0, 0.1) is 10.1 Å². The second-order valence-electron chi connectivity index (χ2n) is 4.51. The summed E-state index contributed by atoms with van der Waals surface area (Å²) < 4.78 is 0. The normalized spacial score (nSPS) is 11.4. The van der Waals surface area contributed by atoms with Gasteiger partial charge in [-0.05, 0) is 25.8 Å². The molecule has 0 fully saturated rings. The standard InChI is InChI=1S/C12H18N2O2/c1-4-12(2,3)13-9-10-5-7-11(8-6-10)14(15)16/h5-8,13H,4,9H2,1-3H3. The smallest absolute Gasteiger partial charge is 0.269 e. The maximum atomic E-state index is 10.5. The molecule has 1 aromatic rings. The number of rotatable bonds is 5. The molecule has 4 heteroatoms. The zero-order valence-corrected chi connectivity index (χ0v) is 9.99. The van der Waals surface area contributed by atoms with Gasteiger partial charge in [-0.2, -0.15) is 0 Å². The Bertz CT molecular complexity index is 358. The first-order valence-corrected chi connectivity index (χ1v) is 5.43. The number of benzene rings is 1. The van der Waals surface area contributed by atoms with E-state index in [1.165, 1.54) is 12.1 Å². The highest BCUT2D eigenvalue weighted by Gasteiger charge is 2.13. The van der Waals surface area contributed by atoms with E-state index in [1.807, 2.05) is 0 Å². The zero-order valence-electron chi connectivity index (χ0n) is 9.99. The van der Waals surface area contributed by atoms with Crippen LogP contribution in [-0.2, 0) is 6.54 Å². The van der Waals surface area contributed by atoms with Gasteiger partial charge >= 0.3 is 0 Å². The van der Waals surface area contributed by atoms with Gasteiger partial charge in [0.15, 0.2) is 0 Å². The summed E-state index contributed by atoms with van der Waals surface area (Å²) in [4.78, 5) is 10.1. The lowest BCUT2D eigenvalue weighted by Gasteiger charge is -2.24. The minimum Gasteiger partial charge on any atom is -0.308 e. The van der Waals surface area contributed by atoms with Crippen LogP contribution in [-0.4, -0.2) is 10.5 Å². The van der Waals surface area contributed by atoms with Gasteiger partial charge in [0.25, 0.3) is 5.69 Å². The molecule has 0 atom stereocenters. The van der Waals surface area contributed by atoms with E-state index >= 15 is 0 Å². The highest BCUT2D eigenvalue weighted by atomic mass is 16.6. The Morgan fingerprint density at radius 2 is 1.88 bits per heavy atom. The summed E-state index contributed by atoms with van der Waals surface area (Å²) >= 11 is 0. The van der Waals surface area contributed by atoms with Gasteiger partial charge in [0.05, 0.1) is 4.92 Å². The molecule has 0 saturated carbocycles. The zero-order chi connectivity index (χ0) is 12.2. The van der Waals surface area contributed by atoms with E-state index in [1.54, 1.807) is 12.1 Å². The van der Waals surface area contributed by atoms with Crippen molar-refractivity contribution in [2.75, 3.05) is 0 Å². The summed E-state index contributed by atoms with van der Waals surface area (Å²) in [7, 11) is 0. The van der Waals surface area contributed by atoms with Crippen molar-refractivity contribution in [3.05, 3.63) is 39.9 Å². The first-order chi connectivity index (χ1) is 7.44. The van der Waals surface area contributed by atoms with Crippen LogP contribution in [0.25, 0.3) is 0 Å². The lowest BCUT2D eigenvalue weighted by atomic mass is 10.0. The quantitative estimate of drug-likeness (QED) is 0.615. The number of hydrogen-bond acceptors (Lipinski definition) is 3. The first-order valence-electron chi connectivity index (χ1n) is 5.43. The molecule has 0 bridgehead atoms. The van der Waals surface area contributed by atoms with Crippen LogP contribution in [0.4, 0.5) is 5.69 Å². The van der Waals surface area contributed by atoms with Crippen molar-refractivity contribution in [2.45, 2.75) is 39.3 Å². The maximum absolute atomic E-state index is 10.5. The Kier molecular flexibility index (Phi) is 4.01. The van der Waals surface area contributed by atoms with Crippen molar-refractivity contribution in [2.24, 2.45) is 0 Å². The number of nitrogens with zero attached hydrogens (tertiary/aromatic N) is 1. The monoisotopic (exact) mass is 222 g/mol. The van der Waals surface area contributed by atoms with Crippen molar-refractivity contribution >= 4 is 5.69 Å². The topological polar surface area (TPSA) is 55.2 Å². The highest BCUT2D eigenvalue weighted by Crippen LogP contribution is 2.13. The molecule has 1 rings (SSSR count). The molecule has 88 valence electrons. The van der Waals surface area contributed by atoms with Gasteiger partial charge in [-0.15, -0.1) is 0 Å². The molecule has 0 aliphatic heterocycles. The molecule has 0 aliphatic rings. The Hall–Kier alpha value is -1.42. The predicted molar refractivity (Wildman–Crippen MR) is 64.3 cm³/mol. The SMILES string of the molecule is CCC(C)(C)NCc1ccc([N+](=O)[O-])cc1. The van der Waals surface area contributed by atoms with E-state index in [0.717, 1.165) is 18.5 Å². The third-order valence-electron chi connectivity index (χ3n) is 2.80. The van der Waals surface area contributed by atoms with Crippen LogP contribution in [0.1, 0.15) is 32.8 Å². The van der Waals surface area contributed by atoms with Crippen molar-refractivity contribution in [3.8, 4) is 0 Å². The number of non-ortho nitro benzene ring substituents is 1. The molecule has 0 spiro atoms. The van der Waals surface area contributed by atoms with E-state index in [0.29, 0.717) is 0 Å². The maximum Gasteiger partial charge on any atom is 0.269 e. The van der Waals surface area contributed by atoms with Crippen molar-refractivity contribution < 1.29 is 4.92 Å². The second kappa shape index (κ2) is 5.07. The number of nitrogens with one attached hydrogen (secondary N) is 1. The van der Waals surface area contributed by atoms with Crippen LogP contribution in [0.5, 0.6) is 0 Å². The molecule has 0 aliphatic carbocycles. The average molecular weight is 222 g/mol. The highest BCUT2D eigenvalue weighted by molar-refractivity contribution is 5.32. The van der Waals surface area contributed by atoms with Crippen LogP contribution < -0.4 is 5.32 Å². The molecular weight excluding hydrogens is 204 g/mol. The molecular formula is C12H18N2O2. The minimum atomic E-state index is -0.382. The van der Waals surface area contributed by atoms with Gasteiger partial charge in [-0.3, -0.25) is 10.1 Å². The molecule has 0 aromatic heterocycles. The first kappa shape index (κ1) is 12.6. The molecule has 0 amide bonds. The number of hydrogen-bond donors (Lipinski definition) is 1. The lowest BCUT2D eigenvalue weighted by Crippen LogP contribution is -2.37. The van der Waals surface area contributed by atoms with E-state index in [-0.39, 0.29) is 16.1 Å². The third kappa shape index (κ3) is 3.62. The molecule has 0 saturated heterocycles. The molecule has 1 aromatic carbocycles. The fourth-order valence-corrected chi connectivity index (χ4v) is 1.20. The van der Waals surface area contributed by atoms with Gasteiger partial charge in [0.2, 0.25) is 0 Å². The second-order valence-corrected chi connectivity index (χ2v) is 4.51. The van der Waals surface area contributed by atoms with Crippen LogP contribution >= 0.6 is 0 Å². The van der Waals surface area contributed by atoms with Crippen LogP contribution in [0.2, 0.25) is 0 Å².